The molecule has 0 aliphatic heterocycles. The average Bonchev–Trinajstić information content (AvgIpc) is 3.21. The van der Waals surface area contributed by atoms with Gasteiger partial charge in [-0.25, -0.2) is 9.37 Å². The standard InChI is InChI=1S/C17H16FN5O3S/c1-11-20-15(23(25)26)10-22(11)7-6-16(24)21-17-19-9-14(27-17)8-12-2-4-13(18)5-3-12/h2-5,9-10H,6-8H2,1H3,(H,19,21,24). The van der Waals surface area contributed by atoms with Gasteiger partial charge in [0.1, 0.15) is 12.0 Å². The molecule has 0 saturated heterocycles. The minimum absolute atomic E-state index is 0.140. The van der Waals surface area contributed by atoms with Crippen molar-refractivity contribution in [3.8, 4) is 0 Å². The molecule has 10 heteroatoms. The number of anilines is 1. The Labute approximate surface area is 157 Å². The summed E-state index contributed by atoms with van der Waals surface area (Å²) in [5, 5.41) is 13.9. The number of nitro groups is 1. The van der Waals surface area contributed by atoms with Gasteiger partial charge >= 0.3 is 5.82 Å². The van der Waals surface area contributed by atoms with Gasteiger partial charge in [0.25, 0.3) is 0 Å². The van der Waals surface area contributed by atoms with E-state index in [1.807, 2.05) is 0 Å². The van der Waals surface area contributed by atoms with Crippen LogP contribution in [0.3, 0.4) is 0 Å². The summed E-state index contributed by atoms with van der Waals surface area (Å²) in [4.78, 5) is 31.2. The largest absolute Gasteiger partial charge is 0.381 e. The first-order valence-electron chi connectivity index (χ1n) is 8.08. The lowest BCUT2D eigenvalue weighted by atomic mass is 10.1. The number of carbonyl (C=O) groups is 1. The van der Waals surface area contributed by atoms with Crippen molar-refractivity contribution in [2.75, 3.05) is 5.32 Å². The lowest BCUT2D eigenvalue weighted by Crippen LogP contribution is -2.14. The molecule has 0 saturated carbocycles. The first-order chi connectivity index (χ1) is 12.9. The van der Waals surface area contributed by atoms with Gasteiger partial charge in [0.05, 0.1) is 0 Å². The van der Waals surface area contributed by atoms with E-state index in [2.05, 4.69) is 15.3 Å². The fraction of sp³-hybridized carbons (Fsp3) is 0.235. The van der Waals surface area contributed by atoms with Crippen LogP contribution in [0.4, 0.5) is 15.3 Å². The summed E-state index contributed by atoms with van der Waals surface area (Å²) in [6.07, 6.45) is 3.73. The van der Waals surface area contributed by atoms with Gasteiger partial charge in [0, 0.05) is 37.4 Å². The second-order valence-corrected chi connectivity index (χ2v) is 6.95. The zero-order chi connectivity index (χ0) is 19.4. The third kappa shape index (κ3) is 4.94. The molecule has 140 valence electrons. The van der Waals surface area contributed by atoms with E-state index in [0.29, 0.717) is 17.4 Å². The molecule has 0 spiro atoms. The number of hydrogen-bond donors (Lipinski definition) is 1. The van der Waals surface area contributed by atoms with Crippen LogP contribution >= 0.6 is 11.3 Å². The molecule has 0 aliphatic carbocycles. The maximum absolute atomic E-state index is 12.9. The number of amides is 1. The van der Waals surface area contributed by atoms with Crippen LogP contribution in [0.5, 0.6) is 0 Å². The summed E-state index contributed by atoms with van der Waals surface area (Å²) in [7, 11) is 0. The van der Waals surface area contributed by atoms with Crippen LogP contribution in [0.1, 0.15) is 22.7 Å². The molecular formula is C17H16FN5O3S. The lowest BCUT2D eigenvalue weighted by Gasteiger charge is -2.03. The fourth-order valence-electron chi connectivity index (χ4n) is 2.46. The smallest absolute Gasteiger partial charge is 0.358 e. The number of benzene rings is 1. The Morgan fingerprint density at radius 3 is 2.78 bits per heavy atom. The van der Waals surface area contributed by atoms with Gasteiger partial charge in [0.2, 0.25) is 11.7 Å². The Kier molecular flexibility index (Phi) is 5.55. The van der Waals surface area contributed by atoms with Gasteiger partial charge in [0.15, 0.2) is 5.13 Å². The number of aromatic nitrogens is 3. The Bertz CT molecular complexity index is 967. The molecule has 0 bridgehead atoms. The van der Waals surface area contributed by atoms with Crippen molar-refractivity contribution in [1.82, 2.24) is 14.5 Å². The van der Waals surface area contributed by atoms with Crippen molar-refractivity contribution in [2.24, 2.45) is 0 Å². The quantitative estimate of drug-likeness (QED) is 0.493. The molecule has 1 amide bonds. The van der Waals surface area contributed by atoms with Crippen LogP contribution in [-0.4, -0.2) is 25.4 Å². The summed E-state index contributed by atoms with van der Waals surface area (Å²) in [5.74, 6) is -0.286. The van der Waals surface area contributed by atoms with Crippen LogP contribution in [0.25, 0.3) is 0 Å². The molecule has 0 fully saturated rings. The molecule has 0 unspecified atom stereocenters. The molecule has 27 heavy (non-hydrogen) atoms. The van der Waals surface area contributed by atoms with Crippen molar-refractivity contribution in [1.29, 1.82) is 0 Å². The van der Waals surface area contributed by atoms with Gasteiger partial charge in [-0.3, -0.25) is 4.79 Å². The first kappa shape index (κ1) is 18.6. The Balaban J connectivity index is 1.53. The topological polar surface area (TPSA) is 103 Å². The van der Waals surface area contributed by atoms with E-state index in [1.54, 1.807) is 29.8 Å². The van der Waals surface area contributed by atoms with Crippen LogP contribution in [-0.2, 0) is 17.8 Å². The highest BCUT2D eigenvalue weighted by atomic mass is 32.1. The Hall–Kier alpha value is -3.14. The molecule has 3 aromatic rings. The summed E-state index contributed by atoms with van der Waals surface area (Å²) < 4.78 is 14.5. The minimum atomic E-state index is -0.568. The highest BCUT2D eigenvalue weighted by Crippen LogP contribution is 2.21. The van der Waals surface area contributed by atoms with Crippen LogP contribution in [0.15, 0.2) is 36.7 Å². The van der Waals surface area contributed by atoms with Gasteiger partial charge in [-0.2, -0.15) is 0 Å². The van der Waals surface area contributed by atoms with E-state index in [0.717, 1.165) is 10.4 Å². The van der Waals surface area contributed by atoms with E-state index in [1.165, 1.54) is 29.7 Å². The maximum atomic E-state index is 12.9. The van der Waals surface area contributed by atoms with Gasteiger partial charge in [-0.05, 0) is 27.6 Å². The number of thiazole rings is 1. The monoisotopic (exact) mass is 389 g/mol. The SMILES string of the molecule is Cc1nc([N+](=O)[O-])cn1CCC(=O)Nc1ncc(Cc2ccc(F)cc2)s1. The second-order valence-electron chi connectivity index (χ2n) is 5.83. The molecule has 0 atom stereocenters. The summed E-state index contributed by atoms with van der Waals surface area (Å²) >= 11 is 1.35. The van der Waals surface area contributed by atoms with E-state index in [4.69, 9.17) is 0 Å². The number of imidazole rings is 1. The molecule has 3 rings (SSSR count). The van der Waals surface area contributed by atoms with Gasteiger partial charge < -0.3 is 20.0 Å². The predicted octanol–water partition coefficient (Wildman–Crippen LogP) is 3.31. The van der Waals surface area contributed by atoms with E-state index < -0.39 is 4.92 Å². The van der Waals surface area contributed by atoms with Crippen molar-refractivity contribution < 1.29 is 14.1 Å². The zero-order valence-corrected chi connectivity index (χ0v) is 15.2. The Morgan fingerprint density at radius 2 is 2.11 bits per heavy atom. The van der Waals surface area contributed by atoms with E-state index in [9.17, 15) is 19.3 Å². The maximum Gasteiger partial charge on any atom is 0.381 e. The molecule has 1 N–H and O–H groups in total. The number of halogens is 1. The normalized spacial score (nSPS) is 10.7. The van der Waals surface area contributed by atoms with Gasteiger partial charge in [-0.1, -0.05) is 12.1 Å². The average molecular weight is 389 g/mol. The zero-order valence-electron chi connectivity index (χ0n) is 14.4. The molecule has 0 aliphatic rings. The third-order valence-electron chi connectivity index (χ3n) is 3.82. The van der Waals surface area contributed by atoms with Crippen molar-refractivity contribution >= 4 is 28.2 Å². The Morgan fingerprint density at radius 1 is 1.37 bits per heavy atom. The fourth-order valence-corrected chi connectivity index (χ4v) is 3.32. The van der Waals surface area contributed by atoms with E-state index in [-0.39, 0.29) is 30.5 Å². The molecule has 2 heterocycles. The van der Waals surface area contributed by atoms with Crippen LogP contribution in [0.2, 0.25) is 0 Å². The molecule has 2 aromatic heterocycles. The minimum Gasteiger partial charge on any atom is -0.358 e. The summed E-state index contributed by atoms with van der Waals surface area (Å²) in [5.41, 5.74) is 0.954. The summed E-state index contributed by atoms with van der Waals surface area (Å²) in [6, 6.07) is 6.23. The van der Waals surface area contributed by atoms with Crippen molar-refractivity contribution in [2.45, 2.75) is 26.3 Å². The second kappa shape index (κ2) is 8.04. The highest BCUT2D eigenvalue weighted by Gasteiger charge is 2.16. The number of nitrogens with zero attached hydrogens (tertiary/aromatic N) is 4. The number of nitrogens with one attached hydrogen (secondary N) is 1. The molecule has 1 aromatic carbocycles. The number of aryl methyl sites for hydroxylation is 2. The first-order valence-corrected chi connectivity index (χ1v) is 8.89. The molecule has 0 radical (unpaired) electrons. The lowest BCUT2D eigenvalue weighted by molar-refractivity contribution is -0.389. The van der Waals surface area contributed by atoms with Crippen LogP contribution in [0, 0.1) is 22.9 Å². The van der Waals surface area contributed by atoms with Gasteiger partial charge in [-0.15, -0.1) is 11.3 Å². The molecule has 8 nitrogen and oxygen atoms in total. The van der Waals surface area contributed by atoms with Crippen molar-refractivity contribution in [3.63, 3.8) is 0 Å². The number of hydrogen-bond acceptors (Lipinski definition) is 6. The third-order valence-corrected chi connectivity index (χ3v) is 4.73. The van der Waals surface area contributed by atoms with Crippen molar-refractivity contribution in [3.05, 3.63) is 68.9 Å². The van der Waals surface area contributed by atoms with E-state index >= 15 is 0 Å². The number of rotatable bonds is 7. The van der Waals surface area contributed by atoms with Crippen LogP contribution < -0.4 is 5.32 Å². The number of carbonyl (C=O) groups excluding carboxylic acids is 1. The highest BCUT2D eigenvalue weighted by molar-refractivity contribution is 7.15. The predicted molar refractivity (Wildman–Crippen MR) is 98.2 cm³/mol. The summed E-state index contributed by atoms with van der Waals surface area (Å²) in [6.45, 7) is 1.93. The molecular weight excluding hydrogens is 373 g/mol.